The summed E-state index contributed by atoms with van der Waals surface area (Å²) in [6.45, 7) is 3.05. The molecule has 2 aromatic heterocycles. The van der Waals surface area contributed by atoms with Crippen molar-refractivity contribution in [1.82, 2.24) is 14.8 Å². The molecule has 35 heavy (non-hydrogen) atoms. The van der Waals surface area contributed by atoms with Crippen LogP contribution in [0.1, 0.15) is 47.4 Å². The molecule has 0 unspecified atom stereocenters. The molecule has 9 nitrogen and oxygen atoms in total. The van der Waals surface area contributed by atoms with Gasteiger partial charge in [-0.15, -0.1) is 0 Å². The molecule has 5 rings (SSSR count). The monoisotopic (exact) mass is 473 g/mol. The van der Waals surface area contributed by atoms with Crippen molar-refractivity contribution in [3.63, 3.8) is 0 Å². The Kier molecular flexibility index (Phi) is 6.01. The van der Waals surface area contributed by atoms with Gasteiger partial charge in [-0.1, -0.05) is 0 Å². The number of carbonyl (C=O) groups is 1. The third kappa shape index (κ3) is 4.27. The van der Waals surface area contributed by atoms with E-state index in [4.69, 9.17) is 14.2 Å². The molecule has 180 valence electrons. The molecule has 9 heteroatoms. The lowest BCUT2D eigenvalue weighted by molar-refractivity contribution is -0.182. The Morgan fingerprint density at radius 1 is 1.09 bits per heavy atom. The van der Waals surface area contributed by atoms with Gasteiger partial charge >= 0.3 is 0 Å². The van der Waals surface area contributed by atoms with Crippen LogP contribution in [-0.4, -0.2) is 46.8 Å². The van der Waals surface area contributed by atoms with Crippen LogP contribution in [0, 0.1) is 18.3 Å². The number of nitriles is 1. The van der Waals surface area contributed by atoms with Crippen LogP contribution in [0.3, 0.4) is 0 Å². The summed E-state index contributed by atoms with van der Waals surface area (Å²) in [6.07, 6.45) is 5.71. The SMILES string of the molecule is COc1ccc(-n2ncc(C(=O)Nc3ccc(C4(C#N)CCC5(CC4)OCCO5)nc3)c2C)cc1. The summed E-state index contributed by atoms with van der Waals surface area (Å²) in [5.41, 5.74) is 2.59. The number of aromatic nitrogens is 3. The highest BCUT2D eigenvalue weighted by Crippen LogP contribution is 2.45. The number of amides is 1. The molecule has 1 aromatic carbocycles. The zero-order valence-electron chi connectivity index (χ0n) is 19.8. The fourth-order valence-electron chi connectivity index (χ4n) is 4.83. The standard InChI is InChI=1S/C26H27N5O4/c1-18-22(16-29-31(18)20-4-6-21(33-2)7-5-20)24(32)30-19-3-8-23(28-15-19)25(17-27)9-11-26(12-10-25)34-13-14-35-26/h3-8,15-16H,9-14H2,1-2H3,(H,30,32). The van der Waals surface area contributed by atoms with Crippen molar-refractivity contribution in [2.24, 2.45) is 0 Å². The van der Waals surface area contributed by atoms with Crippen LogP contribution >= 0.6 is 0 Å². The Morgan fingerprint density at radius 3 is 2.40 bits per heavy atom. The first kappa shape index (κ1) is 23.0. The molecule has 1 amide bonds. The van der Waals surface area contributed by atoms with Gasteiger partial charge in [0.25, 0.3) is 5.91 Å². The highest BCUT2D eigenvalue weighted by molar-refractivity contribution is 6.04. The molecule has 1 N–H and O–H groups in total. The fraction of sp³-hybridized carbons (Fsp3) is 0.385. The van der Waals surface area contributed by atoms with Gasteiger partial charge in [-0.3, -0.25) is 9.78 Å². The number of ether oxygens (including phenoxy) is 3. The normalized spacial score (nSPS) is 18.2. The predicted octanol–water partition coefficient (Wildman–Crippen LogP) is 3.92. The lowest BCUT2D eigenvalue weighted by Gasteiger charge is -2.39. The first-order chi connectivity index (χ1) is 17.0. The minimum Gasteiger partial charge on any atom is -0.497 e. The topological polar surface area (TPSA) is 111 Å². The average molecular weight is 474 g/mol. The molecule has 1 spiro atoms. The summed E-state index contributed by atoms with van der Waals surface area (Å²) >= 11 is 0. The number of methoxy groups -OCH3 is 1. The van der Waals surface area contributed by atoms with Gasteiger partial charge in [0.2, 0.25) is 0 Å². The molecular weight excluding hydrogens is 446 g/mol. The Bertz CT molecular complexity index is 1240. The van der Waals surface area contributed by atoms with Crippen LogP contribution in [-0.2, 0) is 14.9 Å². The maximum absolute atomic E-state index is 12.9. The summed E-state index contributed by atoms with van der Waals surface area (Å²) in [5, 5.41) is 17.2. The summed E-state index contributed by atoms with van der Waals surface area (Å²) in [7, 11) is 1.61. The lowest BCUT2D eigenvalue weighted by atomic mass is 9.70. The van der Waals surface area contributed by atoms with E-state index in [9.17, 15) is 10.1 Å². The molecule has 3 heterocycles. The van der Waals surface area contributed by atoms with Crippen LogP contribution in [0.4, 0.5) is 5.69 Å². The second kappa shape index (κ2) is 9.13. The van der Waals surface area contributed by atoms with Gasteiger partial charge in [-0.05, 0) is 56.2 Å². The molecule has 1 aliphatic heterocycles. The molecule has 2 aliphatic rings. The van der Waals surface area contributed by atoms with E-state index in [1.54, 1.807) is 30.3 Å². The molecule has 1 saturated heterocycles. The Hall–Kier alpha value is -3.74. The predicted molar refractivity (Wildman–Crippen MR) is 127 cm³/mol. The van der Waals surface area contributed by atoms with Crippen LogP contribution < -0.4 is 10.1 Å². The van der Waals surface area contributed by atoms with Gasteiger partial charge in [0, 0.05) is 12.8 Å². The van der Waals surface area contributed by atoms with Gasteiger partial charge in [0.05, 0.1) is 72.5 Å². The molecule has 3 aromatic rings. The number of hydrogen-bond acceptors (Lipinski definition) is 7. The number of hydrogen-bond donors (Lipinski definition) is 1. The lowest BCUT2D eigenvalue weighted by Crippen LogP contribution is -2.41. The van der Waals surface area contributed by atoms with Gasteiger partial charge in [0.1, 0.15) is 5.75 Å². The molecule has 0 bridgehead atoms. The number of carbonyl (C=O) groups excluding carboxylic acids is 1. The number of anilines is 1. The van der Waals surface area contributed by atoms with E-state index in [1.807, 2.05) is 37.3 Å². The molecule has 0 radical (unpaired) electrons. The maximum atomic E-state index is 12.9. The van der Waals surface area contributed by atoms with Gasteiger partial charge in [-0.25, -0.2) is 4.68 Å². The highest BCUT2D eigenvalue weighted by atomic mass is 16.7. The van der Waals surface area contributed by atoms with Crippen molar-refractivity contribution < 1.29 is 19.0 Å². The smallest absolute Gasteiger partial charge is 0.259 e. The first-order valence-corrected chi connectivity index (χ1v) is 11.6. The van der Waals surface area contributed by atoms with Crippen molar-refractivity contribution in [3.8, 4) is 17.5 Å². The third-order valence-corrected chi connectivity index (χ3v) is 6.98. The number of pyridine rings is 1. The quantitative estimate of drug-likeness (QED) is 0.598. The van der Waals surface area contributed by atoms with Crippen molar-refractivity contribution in [2.45, 2.75) is 43.8 Å². The summed E-state index contributed by atoms with van der Waals surface area (Å²) in [6, 6.07) is 13.5. The van der Waals surface area contributed by atoms with Crippen molar-refractivity contribution in [3.05, 3.63) is 65.7 Å². The number of nitrogens with zero attached hydrogens (tertiary/aromatic N) is 4. The van der Waals surface area contributed by atoms with E-state index >= 15 is 0 Å². The second-order valence-corrected chi connectivity index (χ2v) is 8.94. The number of rotatable bonds is 5. The molecular formula is C26H27N5O4. The zero-order chi connectivity index (χ0) is 24.5. The largest absolute Gasteiger partial charge is 0.497 e. The van der Waals surface area contributed by atoms with Crippen molar-refractivity contribution in [2.75, 3.05) is 25.6 Å². The van der Waals surface area contributed by atoms with Crippen LogP contribution in [0.25, 0.3) is 5.69 Å². The van der Waals surface area contributed by atoms with Gasteiger partial charge in [0.15, 0.2) is 5.79 Å². The summed E-state index contributed by atoms with van der Waals surface area (Å²) in [5.74, 6) is -0.0666. The van der Waals surface area contributed by atoms with Crippen molar-refractivity contribution >= 4 is 11.6 Å². The minimum absolute atomic E-state index is 0.276. The fourth-order valence-corrected chi connectivity index (χ4v) is 4.83. The average Bonchev–Trinajstić information content (AvgIpc) is 3.52. The summed E-state index contributed by atoms with van der Waals surface area (Å²) < 4.78 is 18.5. The van der Waals surface area contributed by atoms with E-state index in [1.165, 1.54) is 0 Å². The Morgan fingerprint density at radius 2 is 1.80 bits per heavy atom. The molecule has 2 fully saturated rings. The van der Waals surface area contributed by atoms with E-state index in [0.717, 1.165) is 11.4 Å². The Balaban J connectivity index is 1.28. The van der Waals surface area contributed by atoms with Gasteiger partial charge in [-0.2, -0.15) is 10.4 Å². The van der Waals surface area contributed by atoms with E-state index < -0.39 is 11.2 Å². The van der Waals surface area contributed by atoms with Crippen molar-refractivity contribution in [1.29, 1.82) is 5.26 Å². The van der Waals surface area contributed by atoms with E-state index in [-0.39, 0.29) is 5.91 Å². The number of benzene rings is 1. The first-order valence-electron chi connectivity index (χ1n) is 11.6. The van der Waals surface area contributed by atoms with E-state index in [0.29, 0.717) is 61.5 Å². The number of nitrogens with one attached hydrogen (secondary N) is 1. The zero-order valence-corrected chi connectivity index (χ0v) is 19.8. The van der Waals surface area contributed by atoms with E-state index in [2.05, 4.69) is 21.5 Å². The minimum atomic E-state index is -0.681. The Labute approximate surface area is 203 Å². The second-order valence-electron chi connectivity index (χ2n) is 8.94. The highest BCUT2D eigenvalue weighted by Gasteiger charge is 2.48. The molecule has 1 aliphatic carbocycles. The van der Waals surface area contributed by atoms with Crippen LogP contribution in [0.5, 0.6) is 5.75 Å². The van der Waals surface area contributed by atoms with Gasteiger partial charge < -0.3 is 19.5 Å². The van der Waals surface area contributed by atoms with Crippen LogP contribution in [0.2, 0.25) is 0 Å². The van der Waals surface area contributed by atoms with Crippen LogP contribution in [0.15, 0.2) is 48.8 Å². The summed E-state index contributed by atoms with van der Waals surface area (Å²) in [4.78, 5) is 17.5. The molecule has 1 saturated carbocycles. The third-order valence-electron chi connectivity index (χ3n) is 6.98. The maximum Gasteiger partial charge on any atom is 0.259 e. The molecule has 0 atom stereocenters.